The zero-order valence-electron chi connectivity index (χ0n) is 10.8. The van der Waals surface area contributed by atoms with E-state index in [1.807, 2.05) is 6.07 Å². The lowest BCUT2D eigenvalue weighted by molar-refractivity contribution is -0.139. The van der Waals surface area contributed by atoms with Crippen molar-refractivity contribution in [1.82, 2.24) is 10.2 Å². The number of carbonyl (C=O) groups excluding carboxylic acids is 1. The maximum Gasteiger partial charge on any atom is 0.326 e. The molecule has 0 aliphatic rings. The highest BCUT2D eigenvalue weighted by atomic mass is 16.5. The Hall–Kier alpha value is -1.85. The minimum Gasteiger partial charge on any atom is -0.480 e. The van der Waals surface area contributed by atoms with Crippen molar-refractivity contribution >= 4 is 12.0 Å². The molecule has 3 N–H and O–H groups in total. The number of carboxylic acid groups (broad SMARTS) is 1. The Kier molecular flexibility index (Phi) is 9.12. The van der Waals surface area contributed by atoms with E-state index >= 15 is 0 Å². The van der Waals surface area contributed by atoms with Gasteiger partial charge < -0.3 is 25.2 Å². The number of aliphatic hydroxyl groups excluding tert-OH is 1. The molecule has 0 aromatic heterocycles. The lowest BCUT2D eigenvalue weighted by Gasteiger charge is -2.24. The fourth-order valence-electron chi connectivity index (χ4n) is 1.33. The molecule has 0 aliphatic carbocycles. The summed E-state index contributed by atoms with van der Waals surface area (Å²) in [4.78, 5) is 24.0. The molecule has 0 radical (unpaired) electrons. The topological polar surface area (TPSA) is 123 Å². The van der Waals surface area contributed by atoms with Crippen LogP contribution in [-0.2, 0) is 9.53 Å². The van der Waals surface area contributed by atoms with Gasteiger partial charge in [0.05, 0.1) is 19.1 Å². The van der Waals surface area contributed by atoms with Crippen LogP contribution in [0.3, 0.4) is 0 Å². The van der Waals surface area contributed by atoms with Crippen molar-refractivity contribution in [3.05, 3.63) is 0 Å². The molecule has 0 heterocycles. The number of ether oxygens (including phenoxy) is 1. The molecular weight excluding hydrogens is 254 g/mol. The van der Waals surface area contributed by atoms with Gasteiger partial charge in [-0.1, -0.05) is 0 Å². The molecule has 0 rings (SSSR count). The summed E-state index contributed by atoms with van der Waals surface area (Å²) in [5.74, 6) is -1.21. The number of nitrogens with one attached hydrogen (secondary N) is 1. The summed E-state index contributed by atoms with van der Waals surface area (Å²) in [6, 6.07) is 0.174. The van der Waals surface area contributed by atoms with E-state index in [4.69, 9.17) is 20.2 Å². The molecule has 0 spiro atoms. The average molecular weight is 273 g/mol. The number of nitrogens with zero attached hydrogens (tertiary/aromatic N) is 2. The first-order valence-electron chi connectivity index (χ1n) is 5.81. The van der Waals surface area contributed by atoms with Crippen molar-refractivity contribution in [2.45, 2.75) is 18.9 Å². The van der Waals surface area contributed by atoms with E-state index in [0.717, 1.165) is 0 Å². The quantitative estimate of drug-likeness (QED) is 0.515. The lowest BCUT2D eigenvalue weighted by atomic mass is 10.2. The van der Waals surface area contributed by atoms with E-state index in [9.17, 15) is 9.59 Å². The largest absolute Gasteiger partial charge is 0.480 e. The SMILES string of the molecule is COCCN(CCC#N)C(=O)N[C@@H](CCO)C(=O)O. The molecule has 1 atom stereocenters. The molecule has 8 nitrogen and oxygen atoms in total. The van der Waals surface area contributed by atoms with Crippen molar-refractivity contribution in [3.8, 4) is 6.07 Å². The van der Waals surface area contributed by atoms with E-state index in [-0.39, 0.29) is 39.1 Å². The fraction of sp³-hybridized carbons (Fsp3) is 0.727. The van der Waals surface area contributed by atoms with Gasteiger partial charge in [-0.25, -0.2) is 9.59 Å². The highest BCUT2D eigenvalue weighted by molar-refractivity contribution is 5.82. The van der Waals surface area contributed by atoms with Crippen LogP contribution in [0.25, 0.3) is 0 Å². The second-order valence-corrected chi connectivity index (χ2v) is 3.74. The van der Waals surface area contributed by atoms with Crippen LogP contribution in [0.5, 0.6) is 0 Å². The number of nitriles is 1. The molecule has 108 valence electrons. The Morgan fingerprint density at radius 1 is 1.47 bits per heavy atom. The van der Waals surface area contributed by atoms with Crippen LogP contribution < -0.4 is 5.32 Å². The van der Waals surface area contributed by atoms with Crippen LogP contribution >= 0.6 is 0 Å². The Bertz CT molecular complexity index is 329. The molecule has 0 saturated heterocycles. The van der Waals surface area contributed by atoms with Crippen LogP contribution in [0.1, 0.15) is 12.8 Å². The maximum absolute atomic E-state index is 11.8. The molecule has 0 unspecified atom stereocenters. The normalized spacial score (nSPS) is 11.4. The maximum atomic E-state index is 11.8. The standard InChI is InChI=1S/C11H19N3O5/c1-19-8-6-14(5-2-4-12)11(18)13-9(3-7-15)10(16)17/h9,15H,2-3,5-8H2,1H3,(H,13,18)(H,16,17)/t9-/m0/s1. The predicted molar refractivity (Wildman–Crippen MR) is 65.3 cm³/mol. The minimum absolute atomic E-state index is 0.0720. The molecule has 0 aliphatic heterocycles. The Labute approximate surface area is 111 Å². The van der Waals surface area contributed by atoms with Gasteiger partial charge in [0.1, 0.15) is 6.04 Å². The van der Waals surface area contributed by atoms with Gasteiger partial charge in [0.25, 0.3) is 0 Å². The van der Waals surface area contributed by atoms with Crippen LogP contribution in [0, 0.1) is 11.3 Å². The Morgan fingerprint density at radius 2 is 2.16 bits per heavy atom. The van der Waals surface area contributed by atoms with Gasteiger partial charge >= 0.3 is 12.0 Å². The van der Waals surface area contributed by atoms with E-state index in [1.54, 1.807) is 0 Å². The molecular formula is C11H19N3O5. The molecule has 19 heavy (non-hydrogen) atoms. The van der Waals surface area contributed by atoms with Crippen LogP contribution in [0.2, 0.25) is 0 Å². The van der Waals surface area contributed by atoms with E-state index in [0.29, 0.717) is 0 Å². The summed E-state index contributed by atoms with van der Waals surface area (Å²) in [5, 5.41) is 28.4. The van der Waals surface area contributed by atoms with E-state index in [1.165, 1.54) is 12.0 Å². The van der Waals surface area contributed by atoms with E-state index in [2.05, 4.69) is 5.32 Å². The Morgan fingerprint density at radius 3 is 2.63 bits per heavy atom. The summed E-state index contributed by atoms with van der Waals surface area (Å²) < 4.78 is 4.84. The molecule has 8 heteroatoms. The molecule has 0 bridgehead atoms. The predicted octanol–water partition coefficient (Wildman–Crippen LogP) is -0.606. The first kappa shape index (κ1) is 17.2. The highest BCUT2D eigenvalue weighted by Gasteiger charge is 2.22. The summed E-state index contributed by atoms with van der Waals surface area (Å²) >= 11 is 0. The van der Waals surface area contributed by atoms with Crippen molar-refractivity contribution in [1.29, 1.82) is 5.26 Å². The van der Waals surface area contributed by atoms with Crippen molar-refractivity contribution in [2.24, 2.45) is 0 Å². The number of aliphatic carboxylic acids is 1. The molecule has 0 aromatic carbocycles. The zero-order valence-corrected chi connectivity index (χ0v) is 10.8. The second kappa shape index (κ2) is 10.1. The van der Waals surface area contributed by atoms with Crippen molar-refractivity contribution < 1.29 is 24.5 Å². The van der Waals surface area contributed by atoms with Crippen molar-refractivity contribution in [2.75, 3.05) is 33.4 Å². The number of methoxy groups -OCH3 is 1. The number of amides is 2. The number of aliphatic hydroxyl groups is 1. The van der Waals surface area contributed by atoms with Crippen molar-refractivity contribution in [3.63, 3.8) is 0 Å². The molecule has 0 saturated carbocycles. The van der Waals surface area contributed by atoms with Gasteiger partial charge in [-0.05, 0) is 0 Å². The van der Waals surface area contributed by atoms with Crippen LogP contribution in [0.4, 0.5) is 4.79 Å². The molecule has 0 aromatic rings. The van der Waals surface area contributed by atoms with Crippen LogP contribution in [0.15, 0.2) is 0 Å². The average Bonchev–Trinajstić information content (AvgIpc) is 2.38. The Balaban J connectivity index is 4.50. The molecule has 2 amide bonds. The number of hydrogen-bond acceptors (Lipinski definition) is 5. The fourth-order valence-corrected chi connectivity index (χ4v) is 1.33. The monoisotopic (exact) mass is 273 g/mol. The van der Waals surface area contributed by atoms with E-state index < -0.39 is 18.0 Å². The summed E-state index contributed by atoms with van der Waals surface area (Å²) in [6.07, 6.45) is 0.0757. The third-order valence-corrected chi connectivity index (χ3v) is 2.36. The number of carbonyl (C=O) groups is 2. The van der Waals surface area contributed by atoms with Gasteiger partial charge in [-0.3, -0.25) is 0 Å². The van der Waals surface area contributed by atoms with Crippen LogP contribution in [-0.4, -0.2) is 66.6 Å². The highest BCUT2D eigenvalue weighted by Crippen LogP contribution is 1.97. The molecule has 0 fully saturated rings. The third kappa shape index (κ3) is 7.23. The first-order valence-corrected chi connectivity index (χ1v) is 5.81. The van der Waals surface area contributed by atoms with Gasteiger partial charge in [-0.2, -0.15) is 5.26 Å². The summed E-state index contributed by atoms with van der Waals surface area (Å²) in [6.45, 7) is 0.400. The van der Waals surface area contributed by atoms with Gasteiger partial charge in [0.15, 0.2) is 0 Å². The third-order valence-electron chi connectivity index (χ3n) is 2.36. The zero-order chi connectivity index (χ0) is 14.7. The van der Waals surface area contributed by atoms with Gasteiger partial charge in [-0.15, -0.1) is 0 Å². The lowest BCUT2D eigenvalue weighted by Crippen LogP contribution is -2.49. The second-order valence-electron chi connectivity index (χ2n) is 3.74. The smallest absolute Gasteiger partial charge is 0.326 e. The number of hydrogen-bond donors (Lipinski definition) is 3. The minimum atomic E-state index is -1.21. The summed E-state index contributed by atoms with van der Waals surface area (Å²) in [5.41, 5.74) is 0. The van der Waals surface area contributed by atoms with Gasteiger partial charge in [0.2, 0.25) is 0 Å². The number of urea groups is 1. The first-order chi connectivity index (χ1) is 9.06. The number of carboxylic acids is 1. The summed E-state index contributed by atoms with van der Waals surface area (Å²) in [7, 11) is 1.48. The number of rotatable bonds is 9. The van der Waals surface area contributed by atoms with Gasteiger partial charge in [0, 0.05) is 33.2 Å².